The molecule has 0 saturated heterocycles. The summed E-state index contributed by atoms with van der Waals surface area (Å²) in [6.07, 6.45) is 1.73. The Morgan fingerprint density at radius 2 is 1.83 bits per heavy atom. The Hall–Kier alpha value is -3.16. The molecule has 0 aliphatic heterocycles. The lowest BCUT2D eigenvalue weighted by Gasteiger charge is -2.20. The van der Waals surface area contributed by atoms with Crippen molar-refractivity contribution in [3.8, 4) is 0 Å². The number of amides is 1. The molecule has 0 fully saturated rings. The van der Waals surface area contributed by atoms with E-state index in [1.54, 1.807) is 17.8 Å². The Balaban J connectivity index is 1.75. The average molecular weight is 396 g/mol. The second kappa shape index (κ2) is 7.69. The number of carbonyl (C=O) groups is 1. The maximum absolute atomic E-state index is 12.9. The first-order valence-corrected chi connectivity index (χ1v) is 9.61. The molecule has 3 aromatic rings. The van der Waals surface area contributed by atoms with Gasteiger partial charge in [-0.25, -0.2) is 9.67 Å². The van der Waals surface area contributed by atoms with Crippen LogP contribution in [0.4, 0.5) is 11.4 Å². The lowest BCUT2D eigenvalue weighted by Crippen LogP contribution is -2.28. The fraction of sp³-hybridized carbons (Fsp3) is 0.429. The van der Waals surface area contributed by atoms with Crippen LogP contribution >= 0.6 is 0 Å². The molecule has 1 N–H and O–H groups in total. The van der Waals surface area contributed by atoms with Crippen molar-refractivity contribution >= 4 is 28.3 Å². The van der Waals surface area contributed by atoms with Crippen LogP contribution in [-0.2, 0) is 16.9 Å². The number of hydrogen-bond donors (Lipinski definition) is 1. The van der Waals surface area contributed by atoms with E-state index in [2.05, 4.69) is 15.4 Å². The Morgan fingerprint density at radius 3 is 2.41 bits per heavy atom. The SMILES string of the molecule is Cc1nc2c(cnn2C(C)(C)C)c(=O)n1CCC(=O)Nc1ccc(N(C)C)cc1. The minimum Gasteiger partial charge on any atom is -0.378 e. The zero-order valence-electron chi connectivity index (χ0n) is 17.9. The van der Waals surface area contributed by atoms with Gasteiger partial charge in [-0.05, 0) is 52.0 Å². The predicted octanol–water partition coefficient (Wildman–Crippen LogP) is 2.75. The normalized spacial score (nSPS) is 11.7. The third kappa shape index (κ3) is 4.31. The summed E-state index contributed by atoms with van der Waals surface area (Å²) < 4.78 is 3.29. The molecule has 0 radical (unpaired) electrons. The number of hydrogen-bond acceptors (Lipinski definition) is 5. The van der Waals surface area contributed by atoms with Gasteiger partial charge in [0.05, 0.1) is 11.7 Å². The summed E-state index contributed by atoms with van der Waals surface area (Å²) in [7, 11) is 3.92. The third-order valence-electron chi connectivity index (χ3n) is 4.74. The molecular formula is C21H28N6O2. The van der Waals surface area contributed by atoms with Crippen LogP contribution < -0.4 is 15.8 Å². The third-order valence-corrected chi connectivity index (χ3v) is 4.74. The van der Waals surface area contributed by atoms with Gasteiger partial charge in [0, 0.05) is 38.4 Å². The molecule has 3 rings (SSSR count). The Morgan fingerprint density at radius 1 is 1.17 bits per heavy atom. The van der Waals surface area contributed by atoms with Crippen molar-refractivity contribution in [2.75, 3.05) is 24.3 Å². The molecule has 2 aromatic heterocycles. The molecule has 0 saturated carbocycles. The minimum absolute atomic E-state index is 0.153. The molecular weight excluding hydrogens is 368 g/mol. The van der Waals surface area contributed by atoms with E-state index in [0.29, 0.717) is 16.9 Å². The van der Waals surface area contributed by atoms with Gasteiger partial charge in [0.25, 0.3) is 5.56 Å². The van der Waals surface area contributed by atoms with E-state index in [9.17, 15) is 9.59 Å². The summed E-state index contributed by atoms with van der Waals surface area (Å²) in [6, 6.07) is 7.60. The smallest absolute Gasteiger partial charge is 0.264 e. The number of aromatic nitrogens is 4. The van der Waals surface area contributed by atoms with Crippen molar-refractivity contribution < 1.29 is 4.79 Å². The number of nitrogens with one attached hydrogen (secondary N) is 1. The zero-order valence-corrected chi connectivity index (χ0v) is 17.9. The summed E-state index contributed by atoms with van der Waals surface area (Å²) in [6.45, 7) is 8.07. The monoisotopic (exact) mass is 396 g/mol. The van der Waals surface area contributed by atoms with E-state index in [1.165, 1.54) is 4.57 Å². The van der Waals surface area contributed by atoms with Crippen LogP contribution in [0.3, 0.4) is 0 Å². The van der Waals surface area contributed by atoms with Gasteiger partial charge >= 0.3 is 0 Å². The van der Waals surface area contributed by atoms with Crippen LogP contribution in [0.2, 0.25) is 0 Å². The van der Waals surface area contributed by atoms with Crippen LogP contribution in [0, 0.1) is 6.92 Å². The van der Waals surface area contributed by atoms with Gasteiger partial charge in [0.2, 0.25) is 5.91 Å². The summed E-state index contributed by atoms with van der Waals surface area (Å²) in [5.74, 6) is 0.413. The molecule has 0 aliphatic rings. The molecule has 1 amide bonds. The molecule has 0 spiro atoms. The quantitative estimate of drug-likeness (QED) is 0.717. The van der Waals surface area contributed by atoms with Crippen molar-refractivity contribution in [1.82, 2.24) is 19.3 Å². The highest BCUT2D eigenvalue weighted by atomic mass is 16.2. The van der Waals surface area contributed by atoms with E-state index in [4.69, 9.17) is 0 Å². The molecule has 0 atom stereocenters. The molecule has 8 heteroatoms. The van der Waals surface area contributed by atoms with Gasteiger partial charge in [0.15, 0.2) is 5.65 Å². The second-order valence-electron chi connectivity index (χ2n) is 8.32. The first-order chi connectivity index (χ1) is 13.6. The van der Waals surface area contributed by atoms with E-state index in [1.807, 2.05) is 64.0 Å². The van der Waals surface area contributed by atoms with Crippen LogP contribution in [0.5, 0.6) is 0 Å². The molecule has 2 heterocycles. The second-order valence-corrected chi connectivity index (χ2v) is 8.32. The zero-order chi connectivity index (χ0) is 21.3. The number of aryl methyl sites for hydroxylation is 1. The maximum atomic E-state index is 12.9. The van der Waals surface area contributed by atoms with E-state index >= 15 is 0 Å². The van der Waals surface area contributed by atoms with Gasteiger partial charge in [-0.3, -0.25) is 14.2 Å². The van der Waals surface area contributed by atoms with Crippen LogP contribution in [0.15, 0.2) is 35.3 Å². The van der Waals surface area contributed by atoms with Crippen molar-refractivity contribution in [2.24, 2.45) is 0 Å². The van der Waals surface area contributed by atoms with E-state index in [-0.39, 0.29) is 30.0 Å². The highest BCUT2D eigenvalue weighted by Crippen LogP contribution is 2.19. The lowest BCUT2D eigenvalue weighted by molar-refractivity contribution is -0.116. The summed E-state index contributed by atoms with van der Waals surface area (Å²) in [4.78, 5) is 31.8. The molecule has 0 bridgehead atoms. The van der Waals surface area contributed by atoms with Gasteiger partial charge in [-0.1, -0.05) is 0 Å². The summed E-state index contributed by atoms with van der Waals surface area (Å²) in [5.41, 5.74) is 1.90. The summed E-state index contributed by atoms with van der Waals surface area (Å²) in [5, 5.41) is 7.67. The van der Waals surface area contributed by atoms with Crippen LogP contribution in [-0.4, -0.2) is 39.3 Å². The van der Waals surface area contributed by atoms with Crippen LogP contribution in [0.25, 0.3) is 11.0 Å². The minimum atomic E-state index is -0.276. The first-order valence-electron chi connectivity index (χ1n) is 9.61. The number of nitrogens with zero attached hydrogens (tertiary/aromatic N) is 5. The van der Waals surface area contributed by atoms with Gasteiger partial charge in [-0.2, -0.15) is 5.10 Å². The number of anilines is 2. The molecule has 0 unspecified atom stereocenters. The number of fused-ring (bicyclic) bond motifs is 1. The van der Waals surface area contributed by atoms with Crippen molar-refractivity contribution in [2.45, 2.75) is 46.2 Å². The van der Waals surface area contributed by atoms with Crippen molar-refractivity contribution in [3.63, 3.8) is 0 Å². The highest BCUT2D eigenvalue weighted by Gasteiger charge is 2.21. The van der Waals surface area contributed by atoms with Crippen molar-refractivity contribution in [1.29, 1.82) is 0 Å². The highest BCUT2D eigenvalue weighted by molar-refractivity contribution is 5.90. The Kier molecular flexibility index (Phi) is 5.46. The molecule has 154 valence electrons. The molecule has 0 aliphatic carbocycles. The van der Waals surface area contributed by atoms with Gasteiger partial charge < -0.3 is 10.2 Å². The predicted molar refractivity (Wildman–Crippen MR) is 116 cm³/mol. The topological polar surface area (TPSA) is 85.0 Å². The average Bonchev–Trinajstić information content (AvgIpc) is 3.06. The largest absolute Gasteiger partial charge is 0.378 e. The van der Waals surface area contributed by atoms with Gasteiger partial charge in [-0.15, -0.1) is 0 Å². The Labute approximate surface area is 170 Å². The van der Waals surface area contributed by atoms with E-state index < -0.39 is 0 Å². The molecule has 29 heavy (non-hydrogen) atoms. The first kappa shape index (κ1) is 20.6. The standard InChI is InChI=1S/C21H28N6O2/c1-14-23-19-17(13-22-27(19)21(2,3)4)20(29)26(14)12-11-18(28)24-15-7-9-16(10-8-15)25(5)6/h7-10,13H,11-12H2,1-6H3,(H,24,28). The van der Waals surface area contributed by atoms with E-state index in [0.717, 1.165) is 11.4 Å². The molecule has 1 aromatic carbocycles. The number of rotatable bonds is 5. The fourth-order valence-corrected chi connectivity index (χ4v) is 3.14. The number of carbonyl (C=O) groups excluding carboxylic acids is 1. The summed E-state index contributed by atoms with van der Waals surface area (Å²) >= 11 is 0. The lowest BCUT2D eigenvalue weighted by atomic mass is 10.1. The number of benzene rings is 1. The van der Waals surface area contributed by atoms with Crippen LogP contribution in [0.1, 0.15) is 33.0 Å². The van der Waals surface area contributed by atoms with Gasteiger partial charge in [0.1, 0.15) is 11.2 Å². The maximum Gasteiger partial charge on any atom is 0.264 e. The van der Waals surface area contributed by atoms with Crippen molar-refractivity contribution in [3.05, 3.63) is 46.6 Å². The molecule has 8 nitrogen and oxygen atoms in total. The Bertz CT molecular complexity index is 1090. The fourth-order valence-electron chi connectivity index (χ4n) is 3.14.